The average molecular weight is 521 g/mol. The van der Waals surface area contributed by atoms with Crippen molar-refractivity contribution in [3.8, 4) is 23.0 Å². The second-order valence-corrected chi connectivity index (χ2v) is 10.5. The lowest BCUT2D eigenvalue weighted by Gasteiger charge is -2.26. The van der Waals surface area contributed by atoms with Crippen LogP contribution < -0.4 is 4.74 Å². The highest BCUT2D eigenvalue weighted by atomic mass is 16.5. The van der Waals surface area contributed by atoms with Crippen LogP contribution >= 0.6 is 0 Å². The predicted octanol–water partition coefficient (Wildman–Crippen LogP) is 8.48. The molecule has 3 aromatic heterocycles. The van der Waals surface area contributed by atoms with Gasteiger partial charge in [0.05, 0.1) is 16.7 Å². The average Bonchev–Trinajstić information content (AvgIpc) is 3.65. The van der Waals surface area contributed by atoms with E-state index in [9.17, 15) is 0 Å². The number of ether oxygens (including phenoxy) is 1. The van der Waals surface area contributed by atoms with Crippen LogP contribution in [0.5, 0.6) is 11.5 Å². The lowest BCUT2D eigenvalue weighted by Crippen LogP contribution is -2.19. The maximum absolute atomic E-state index is 6.37. The van der Waals surface area contributed by atoms with Gasteiger partial charge in [-0.05, 0) is 59.7 Å². The Morgan fingerprint density at radius 3 is 2.27 bits per heavy atom. The maximum atomic E-state index is 6.37. The molecule has 5 nitrogen and oxygen atoms in total. The lowest BCUT2D eigenvalue weighted by atomic mass is 9.78. The Labute approximate surface area is 232 Å². The van der Waals surface area contributed by atoms with Crippen LogP contribution in [0.4, 0.5) is 0 Å². The first-order valence-electron chi connectivity index (χ1n) is 13.4. The molecule has 0 N–H and O–H groups in total. The van der Waals surface area contributed by atoms with E-state index < -0.39 is 0 Å². The molecule has 0 aliphatic heterocycles. The molecule has 7 aromatic rings. The molecule has 0 atom stereocenters. The Morgan fingerprint density at radius 1 is 0.625 bits per heavy atom. The number of benzene rings is 4. The van der Waals surface area contributed by atoms with Gasteiger partial charge < -0.3 is 4.74 Å². The van der Waals surface area contributed by atoms with Crippen molar-refractivity contribution in [2.45, 2.75) is 19.3 Å². The second-order valence-electron chi connectivity index (χ2n) is 10.5. The van der Waals surface area contributed by atoms with E-state index in [-0.39, 0.29) is 5.41 Å². The molecule has 0 amide bonds. The van der Waals surface area contributed by atoms with E-state index in [1.165, 1.54) is 16.5 Å². The molecule has 0 fully saturated rings. The van der Waals surface area contributed by atoms with E-state index in [0.29, 0.717) is 0 Å². The monoisotopic (exact) mass is 520 g/mol. The quantitative estimate of drug-likeness (QED) is 0.221. The fourth-order valence-corrected chi connectivity index (χ4v) is 5.46. The number of nitrogens with zero attached hydrogens (tertiary/aromatic N) is 4. The Bertz CT molecular complexity index is 1950. The van der Waals surface area contributed by atoms with Crippen molar-refractivity contribution in [1.82, 2.24) is 19.3 Å². The minimum Gasteiger partial charge on any atom is -0.457 e. The molecule has 0 bridgehead atoms. The summed E-state index contributed by atoms with van der Waals surface area (Å²) < 4.78 is 10.4. The van der Waals surface area contributed by atoms with Crippen molar-refractivity contribution in [3.63, 3.8) is 0 Å². The first kappa shape index (κ1) is 23.9. The van der Waals surface area contributed by atoms with Gasteiger partial charge in [-0.1, -0.05) is 68.4 Å². The van der Waals surface area contributed by atoms with Gasteiger partial charge in [0, 0.05) is 46.9 Å². The smallest absolute Gasteiger partial charge is 0.137 e. The normalized spacial score (nSPS) is 11.8. The van der Waals surface area contributed by atoms with E-state index >= 15 is 0 Å². The number of rotatable bonds is 6. The highest BCUT2D eigenvalue weighted by Gasteiger charge is 2.24. The van der Waals surface area contributed by atoms with Crippen molar-refractivity contribution in [2.75, 3.05) is 0 Å². The van der Waals surface area contributed by atoms with Gasteiger partial charge in [-0.3, -0.25) is 4.57 Å². The van der Waals surface area contributed by atoms with Crippen molar-refractivity contribution in [1.29, 1.82) is 0 Å². The number of pyridine rings is 1. The van der Waals surface area contributed by atoms with E-state index in [2.05, 4.69) is 102 Å². The summed E-state index contributed by atoms with van der Waals surface area (Å²) in [5, 5.41) is 6.67. The zero-order valence-electron chi connectivity index (χ0n) is 22.4. The van der Waals surface area contributed by atoms with Gasteiger partial charge in [0.1, 0.15) is 17.3 Å². The largest absolute Gasteiger partial charge is 0.457 e. The van der Waals surface area contributed by atoms with Crippen LogP contribution in [0.15, 0.2) is 134 Å². The fourth-order valence-electron chi connectivity index (χ4n) is 5.46. The SMILES string of the molecule is CC(C)(c1ccccc1)c1ccnc(-n2c3ccccc3c3ccc(Oc4cccc(-n5cccn5)c4)cc32)c1. The zero-order chi connectivity index (χ0) is 27.1. The molecule has 4 aromatic carbocycles. The summed E-state index contributed by atoms with van der Waals surface area (Å²) >= 11 is 0. The van der Waals surface area contributed by atoms with Crippen LogP contribution in [0.25, 0.3) is 33.3 Å². The van der Waals surface area contributed by atoms with Crippen LogP contribution in [0, 0.1) is 0 Å². The van der Waals surface area contributed by atoms with Gasteiger partial charge in [0.2, 0.25) is 0 Å². The number of fused-ring (bicyclic) bond motifs is 3. The first-order valence-corrected chi connectivity index (χ1v) is 13.4. The third-order valence-electron chi connectivity index (χ3n) is 7.66. The van der Waals surface area contributed by atoms with Gasteiger partial charge in [0.25, 0.3) is 0 Å². The molecule has 7 rings (SSSR count). The number of hydrogen-bond acceptors (Lipinski definition) is 3. The first-order chi connectivity index (χ1) is 19.6. The lowest BCUT2D eigenvalue weighted by molar-refractivity contribution is 0.483. The Balaban J connectivity index is 1.34. The zero-order valence-corrected chi connectivity index (χ0v) is 22.4. The Kier molecular flexibility index (Phi) is 5.71. The molecular weight excluding hydrogens is 492 g/mol. The highest BCUT2D eigenvalue weighted by molar-refractivity contribution is 6.09. The molecule has 5 heteroatoms. The third-order valence-corrected chi connectivity index (χ3v) is 7.66. The molecule has 3 heterocycles. The van der Waals surface area contributed by atoms with Crippen LogP contribution in [-0.4, -0.2) is 19.3 Å². The molecule has 0 aliphatic rings. The second kappa shape index (κ2) is 9.54. The van der Waals surface area contributed by atoms with Crippen molar-refractivity contribution < 1.29 is 4.74 Å². The van der Waals surface area contributed by atoms with Gasteiger partial charge in [-0.25, -0.2) is 9.67 Å². The minimum absolute atomic E-state index is 0.175. The van der Waals surface area contributed by atoms with Crippen LogP contribution in [0.1, 0.15) is 25.0 Å². The standard InChI is InChI=1S/C35H28N4O/c1-35(2,25-10-4-3-5-11-25)26-18-20-36-34(22-26)39-32-15-7-6-14-30(32)31-17-16-29(24-33(31)39)40-28-13-8-12-27(23-28)38-21-9-19-37-38/h3-24H,1-2H3. The molecule has 0 spiro atoms. The van der Waals surface area contributed by atoms with Crippen molar-refractivity contribution in [3.05, 3.63) is 145 Å². The van der Waals surface area contributed by atoms with Crippen molar-refractivity contribution >= 4 is 21.8 Å². The maximum Gasteiger partial charge on any atom is 0.137 e. The molecule has 0 saturated heterocycles. The van der Waals surface area contributed by atoms with Gasteiger partial charge in [0.15, 0.2) is 0 Å². The molecule has 40 heavy (non-hydrogen) atoms. The van der Waals surface area contributed by atoms with E-state index in [1.54, 1.807) is 6.20 Å². The van der Waals surface area contributed by atoms with E-state index in [0.717, 1.165) is 39.4 Å². The molecule has 0 saturated carbocycles. The van der Waals surface area contributed by atoms with Crippen molar-refractivity contribution in [2.24, 2.45) is 0 Å². The summed E-state index contributed by atoms with van der Waals surface area (Å²) in [7, 11) is 0. The van der Waals surface area contributed by atoms with E-state index in [4.69, 9.17) is 9.72 Å². The predicted molar refractivity (Wildman–Crippen MR) is 161 cm³/mol. The number of hydrogen-bond donors (Lipinski definition) is 0. The summed E-state index contributed by atoms with van der Waals surface area (Å²) in [6.07, 6.45) is 5.60. The number of aromatic nitrogens is 4. The van der Waals surface area contributed by atoms with Crippen LogP contribution in [0.2, 0.25) is 0 Å². The highest BCUT2D eigenvalue weighted by Crippen LogP contribution is 2.37. The summed E-state index contributed by atoms with van der Waals surface area (Å²) in [4.78, 5) is 4.86. The Morgan fingerprint density at radius 2 is 1.43 bits per heavy atom. The summed E-state index contributed by atoms with van der Waals surface area (Å²) in [6, 6.07) is 39.5. The molecule has 0 unspecified atom stereocenters. The van der Waals surface area contributed by atoms with Gasteiger partial charge in [-0.15, -0.1) is 0 Å². The minimum atomic E-state index is -0.175. The summed E-state index contributed by atoms with van der Waals surface area (Å²) in [5.74, 6) is 2.39. The summed E-state index contributed by atoms with van der Waals surface area (Å²) in [5.41, 5.74) is 5.40. The molecule has 194 valence electrons. The van der Waals surface area contributed by atoms with E-state index in [1.807, 2.05) is 53.5 Å². The molecule has 0 radical (unpaired) electrons. The van der Waals surface area contributed by atoms with Crippen LogP contribution in [0.3, 0.4) is 0 Å². The summed E-state index contributed by atoms with van der Waals surface area (Å²) in [6.45, 7) is 4.52. The molecular formula is C35H28N4O. The fraction of sp³-hybridized carbons (Fsp3) is 0.0857. The Hall–Kier alpha value is -5.16. The third kappa shape index (κ3) is 4.12. The number of para-hydroxylation sites is 1. The van der Waals surface area contributed by atoms with Gasteiger partial charge >= 0.3 is 0 Å². The molecule has 0 aliphatic carbocycles. The topological polar surface area (TPSA) is 44.9 Å². The van der Waals surface area contributed by atoms with Gasteiger partial charge in [-0.2, -0.15) is 5.10 Å². The van der Waals surface area contributed by atoms with Crippen LogP contribution in [-0.2, 0) is 5.41 Å².